The molecule has 1 aliphatic carbocycles. The van der Waals surface area contributed by atoms with Crippen LogP contribution in [0, 0.1) is 23.2 Å². The monoisotopic (exact) mass is 189 g/mol. The maximum absolute atomic E-state index is 11.3. The Balaban J connectivity index is 3.19. The first kappa shape index (κ1) is 10.6. The van der Waals surface area contributed by atoms with Crippen LogP contribution < -0.4 is 5.73 Å². The largest absolute Gasteiger partial charge is 0.369 e. The van der Waals surface area contributed by atoms with Crippen molar-refractivity contribution in [1.29, 1.82) is 0 Å². The average molecular weight is 189 g/mol. The van der Waals surface area contributed by atoms with E-state index in [9.17, 15) is 4.79 Å². The lowest BCUT2D eigenvalue weighted by atomic mass is 9.69. The maximum atomic E-state index is 11.3. The first-order valence-corrected chi connectivity index (χ1v) is 4.61. The van der Waals surface area contributed by atoms with E-state index in [2.05, 4.69) is 11.8 Å². The molecule has 74 valence electrons. The third-order valence-electron chi connectivity index (χ3n) is 2.78. The van der Waals surface area contributed by atoms with Gasteiger partial charge in [0, 0.05) is 0 Å². The van der Waals surface area contributed by atoms with E-state index < -0.39 is 5.41 Å². The van der Waals surface area contributed by atoms with Crippen LogP contribution in [0.3, 0.4) is 0 Å². The SMILES string of the molecule is CC#CC1(C)C(C)=CC=CC1C(N)=O. The molecule has 2 nitrogen and oxygen atoms in total. The molecule has 0 aromatic heterocycles. The van der Waals surface area contributed by atoms with Crippen LogP contribution in [0.1, 0.15) is 20.8 Å². The lowest BCUT2D eigenvalue weighted by Gasteiger charge is -2.32. The Labute approximate surface area is 84.9 Å². The van der Waals surface area contributed by atoms with Crippen molar-refractivity contribution in [2.24, 2.45) is 17.1 Å². The van der Waals surface area contributed by atoms with Crippen LogP contribution in [0.2, 0.25) is 0 Å². The zero-order valence-electron chi connectivity index (χ0n) is 8.79. The Morgan fingerprint density at radius 2 is 2.29 bits per heavy atom. The molecule has 2 unspecified atom stereocenters. The number of hydrogen-bond acceptors (Lipinski definition) is 1. The van der Waals surface area contributed by atoms with Gasteiger partial charge in [-0.15, -0.1) is 5.92 Å². The van der Waals surface area contributed by atoms with E-state index in [0.29, 0.717) is 0 Å². The standard InChI is InChI=1S/C12H15NO/c1-4-8-12(3)9(2)6-5-7-10(12)11(13)14/h5-7,10H,1-3H3,(H2,13,14). The molecule has 1 amide bonds. The summed E-state index contributed by atoms with van der Waals surface area (Å²) in [6, 6.07) is 0. The van der Waals surface area contributed by atoms with E-state index in [1.165, 1.54) is 0 Å². The first-order chi connectivity index (χ1) is 6.52. The Morgan fingerprint density at radius 1 is 1.64 bits per heavy atom. The van der Waals surface area contributed by atoms with Crippen molar-refractivity contribution in [2.75, 3.05) is 0 Å². The summed E-state index contributed by atoms with van der Waals surface area (Å²) in [5.41, 5.74) is 6.00. The van der Waals surface area contributed by atoms with Gasteiger partial charge in [-0.3, -0.25) is 4.79 Å². The van der Waals surface area contributed by atoms with Gasteiger partial charge in [0.25, 0.3) is 0 Å². The summed E-state index contributed by atoms with van der Waals surface area (Å²) in [5, 5.41) is 0. The second-order valence-corrected chi connectivity index (χ2v) is 3.69. The number of carbonyl (C=O) groups is 1. The molecule has 0 radical (unpaired) electrons. The van der Waals surface area contributed by atoms with Gasteiger partial charge in [0.15, 0.2) is 0 Å². The molecule has 0 saturated heterocycles. The highest BCUT2D eigenvalue weighted by Gasteiger charge is 2.37. The van der Waals surface area contributed by atoms with Gasteiger partial charge in [0.2, 0.25) is 5.91 Å². The van der Waals surface area contributed by atoms with Gasteiger partial charge in [-0.1, -0.05) is 29.7 Å². The van der Waals surface area contributed by atoms with Crippen LogP contribution in [-0.2, 0) is 4.79 Å². The van der Waals surface area contributed by atoms with Gasteiger partial charge in [0.1, 0.15) is 0 Å². The van der Waals surface area contributed by atoms with Crippen LogP contribution in [0.25, 0.3) is 0 Å². The fourth-order valence-electron chi connectivity index (χ4n) is 1.74. The Morgan fingerprint density at radius 3 is 2.79 bits per heavy atom. The van der Waals surface area contributed by atoms with E-state index in [-0.39, 0.29) is 11.8 Å². The quantitative estimate of drug-likeness (QED) is 0.626. The molecule has 0 aromatic carbocycles. The highest BCUT2D eigenvalue weighted by atomic mass is 16.1. The van der Waals surface area contributed by atoms with Crippen molar-refractivity contribution in [3.05, 3.63) is 23.8 Å². The zero-order chi connectivity index (χ0) is 10.8. The molecule has 2 heteroatoms. The van der Waals surface area contributed by atoms with Crippen molar-refractivity contribution >= 4 is 5.91 Å². The summed E-state index contributed by atoms with van der Waals surface area (Å²) in [4.78, 5) is 11.3. The molecule has 2 atom stereocenters. The number of primary amides is 1. The summed E-state index contributed by atoms with van der Waals surface area (Å²) >= 11 is 0. The van der Waals surface area contributed by atoms with E-state index in [4.69, 9.17) is 5.73 Å². The van der Waals surface area contributed by atoms with Crippen molar-refractivity contribution in [3.8, 4) is 11.8 Å². The smallest absolute Gasteiger partial charge is 0.226 e. The van der Waals surface area contributed by atoms with Gasteiger partial charge < -0.3 is 5.73 Å². The Bertz CT molecular complexity index is 368. The molecule has 0 fully saturated rings. The van der Waals surface area contributed by atoms with E-state index in [0.717, 1.165) is 5.57 Å². The third kappa shape index (κ3) is 1.58. The molecular weight excluding hydrogens is 174 g/mol. The van der Waals surface area contributed by atoms with E-state index >= 15 is 0 Å². The Kier molecular flexibility index (Phi) is 2.81. The number of rotatable bonds is 1. The summed E-state index contributed by atoms with van der Waals surface area (Å²) in [6.07, 6.45) is 5.66. The number of nitrogens with two attached hydrogens (primary N) is 1. The van der Waals surface area contributed by atoms with Crippen molar-refractivity contribution in [2.45, 2.75) is 20.8 Å². The fraction of sp³-hybridized carbons (Fsp3) is 0.417. The zero-order valence-corrected chi connectivity index (χ0v) is 8.79. The molecule has 0 aromatic rings. The minimum Gasteiger partial charge on any atom is -0.369 e. The molecule has 0 aliphatic heterocycles. The molecule has 0 saturated carbocycles. The van der Waals surface area contributed by atoms with Crippen LogP contribution in [0.15, 0.2) is 23.8 Å². The fourth-order valence-corrected chi connectivity index (χ4v) is 1.74. The lowest BCUT2D eigenvalue weighted by molar-refractivity contribution is -0.122. The van der Waals surface area contributed by atoms with Gasteiger partial charge >= 0.3 is 0 Å². The third-order valence-corrected chi connectivity index (χ3v) is 2.78. The van der Waals surface area contributed by atoms with Crippen LogP contribution in [0.5, 0.6) is 0 Å². The van der Waals surface area contributed by atoms with Crippen molar-refractivity contribution in [3.63, 3.8) is 0 Å². The van der Waals surface area contributed by atoms with Gasteiger partial charge in [-0.2, -0.15) is 0 Å². The Hall–Kier alpha value is -1.49. The minimum atomic E-state index is -0.435. The van der Waals surface area contributed by atoms with E-state index in [1.54, 1.807) is 6.92 Å². The predicted molar refractivity (Wildman–Crippen MR) is 57.1 cm³/mol. The molecule has 0 bridgehead atoms. The molecular formula is C12H15NO. The minimum absolute atomic E-state index is 0.319. The van der Waals surface area contributed by atoms with E-state index in [1.807, 2.05) is 32.1 Å². The molecule has 2 N–H and O–H groups in total. The number of amides is 1. The van der Waals surface area contributed by atoms with Crippen molar-refractivity contribution in [1.82, 2.24) is 0 Å². The summed E-state index contributed by atoms with van der Waals surface area (Å²) in [6.45, 7) is 5.70. The molecule has 1 rings (SSSR count). The second kappa shape index (κ2) is 3.71. The summed E-state index contributed by atoms with van der Waals surface area (Å²) < 4.78 is 0. The molecule has 0 heterocycles. The number of carbonyl (C=O) groups excluding carboxylic acids is 1. The van der Waals surface area contributed by atoms with Gasteiger partial charge in [0.05, 0.1) is 11.3 Å². The lowest BCUT2D eigenvalue weighted by Crippen LogP contribution is -2.37. The normalized spacial score (nSPS) is 30.2. The molecule has 14 heavy (non-hydrogen) atoms. The number of hydrogen-bond donors (Lipinski definition) is 1. The summed E-state index contributed by atoms with van der Waals surface area (Å²) in [5.74, 6) is 5.29. The van der Waals surface area contributed by atoms with Crippen molar-refractivity contribution < 1.29 is 4.79 Å². The van der Waals surface area contributed by atoms with Crippen LogP contribution >= 0.6 is 0 Å². The second-order valence-electron chi connectivity index (χ2n) is 3.69. The van der Waals surface area contributed by atoms with Gasteiger partial charge in [-0.25, -0.2) is 0 Å². The molecule has 0 spiro atoms. The highest BCUT2D eigenvalue weighted by molar-refractivity contribution is 5.81. The summed E-state index contributed by atoms with van der Waals surface area (Å²) in [7, 11) is 0. The predicted octanol–water partition coefficient (Wildman–Crippen LogP) is 1.63. The number of allylic oxidation sites excluding steroid dienone is 3. The average Bonchev–Trinajstić information content (AvgIpc) is 2.10. The highest BCUT2D eigenvalue weighted by Crippen LogP contribution is 2.38. The van der Waals surface area contributed by atoms with Crippen LogP contribution in [-0.4, -0.2) is 5.91 Å². The maximum Gasteiger partial charge on any atom is 0.226 e. The molecule has 1 aliphatic rings. The van der Waals surface area contributed by atoms with Crippen LogP contribution in [0.4, 0.5) is 0 Å². The topological polar surface area (TPSA) is 43.1 Å². The first-order valence-electron chi connectivity index (χ1n) is 4.61. The van der Waals surface area contributed by atoms with Gasteiger partial charge in [-0.05, 0) is 20.8 Å².